The van der Waals surface area contributed by atoms with Crippen LogP contribution in [-0.4, -0.2) is 24.7 Å². The number of hydrogen-bond acceptors (Lipinski definition) is 2. The summed E-state index contributed by atoms with van der Waals surface area (Å²) < 4.78 is 5.34. The fourth-order valence-corrected chi connectivity index (χ4v) is 1.09. The van der Waals surface area contributed by atoms with E-state index in [1.165, 1.54) is 5.69 Å². The van der Waals surface area contributed by atoms with Crippen LogP contribution in [0.25, 0.3) is 0 Å². The van der Waals surface area contributed by atoms with Crippen LogP contribution in [0.4, 0.5) is 0 Å². The van der Waals surface area contributed by atoms with Crippen molar-refractivity contribution in [3.05, 3.63) is 36.2 Å². The number of nitrogens with one attached hydrogen (secondary N) is 2. The molecule has 1 aromatic heterocycles. The van der Waals surface area contributed by atoms with Crippen molar-refractivity contribution in [2.45, 2.75) is 13.5 Å². The SMILES string of the molecule is C=C(C)COCCNCc1ccc[nH]1. The van der Waals surface area contributed by atoms with E-state index in [0.29, 0.717) is 6.61 Å². The van der Waals surface area contributed by atoms with Gasteiger partial charge in [0.05, 0.1) is 13.2 Å². The fourth-order valence-electron chi connectivity index (χ4n) is 1.09. The average molecular weight is 194 g/mol. The molecule has 0 amide bonds. The van der Waals surface area contributed by atoms with Crippen LogP contribution < -0.4 is 5.32 Å². The Balaban J connectivity index is 1.92. The number of ether oxygens (including phenoxy) is 1. The third kappa shape index (κ3) is 4.84. The molecule has 0 radical (unpaired) electrons. The second kappa shape index (κ2) is 6.40. The van der Waals surface area contributed by atoms with E-state index in [1.54, 1.807) is 0 Å². The molecule has 3 nitrogen and oxygen atoms in total. The standard InChI is InChI=1S/C11H18N2O/c1-10(2)9-14-7-6-12-8-11-4-3-5-13-11/h3-5,12-13H,1,6-9H2,2H3. The summed E-state index contributed by atoms with van der Waals surface area (Å²) in [6.45, 7) is 8.85. The maximum Gasteiger partial charge on any atom is 0.0672 e. The van der Waals surface area contributed by atoms with Gasteiger partial charge in [0.15, 0.2) is 0 Å². The minimum Gasteiger partial charge on any atom is -0.376 e. The zero-order chi connectivity index (χ0) is 10.2. The Hall–Kier alpha value is -1.06. The van der Waals surface area contributed by atoms with Crippen LogP contribution in [0.3, 0.4) is 0 Å². The van der Waals surface area contributed by atoms with E-state index in [1.807, 2.05) is 19.2 Å². The number of hydrogen-bond donors (Lipinski definition) is 2. The normalized spacial score (nSPS) is 10.4. The van der Waals surface area contributed by atoms with E-state index in [4.69, 9.17) is 4.74 Å². The first-order chi connectivity index (χ1) is 6.79. The third-order valence-electron chi connectivity index (χ3n) is 1.75. The molecular formula is C11H18N2O. The summed E-state index contributed by atoms with van der Waals surface area (Å²) in [6, 6.07) is 4.05. The molecule has 1 rings (SSSR count). The summed E-state index contributed by atoms with van der Waals surface area (Å²) in [7, 11) is 0. The number of aromatic nitrogens is 1. The number of aromatic amines is 1. The lowest BCUT2D eigenvalue weighted by atomic mass is 10.4. The molecule has 0 spiro atoms. The second-order valence-corrected chi connectivity index (χ2v) is 3.38. The molecule has 0 bridgehead atoms. The van der Waals surface area contributed by atoms with Crippen LogP contribution in [-0.2, 0) is 11.3 Å². The van der Waals surface area contributed by atoms with Crippen LogP contribution in [0.5, 0.6) is 0 Å². The number of rotatable bonds is 7. The van der Waals surface area contributed by atoms with Gasteiger partial charge in [0, 0.05) is 25.0 Å². The maximum atomic E-state index is 5.34. The molecule has 3 heteroatoms. The molecule has 14 heavy (non-hydrogen) atoms. The zero-order valence-corrected chi connectivity index (χ0v) is 8.68. The van der Waals surface area contributed by atoms with Gasteiger partial charge in [0.25, 0.3) is 0 Å². The van der Waals surface area contributed by atoms with Crippen molar-refractivity contribution >= 4 is 0 Å². The molecule has 0 aromatic carbocycles. The Morgan fingerprint density at radius 1 is 1.64 bits per heavy atom. The summed E-state index contributed by atoms with van der Waals surface area (Å²) in [5.74, 6) is 0. The lowest BCUT2D eigenvalue weighted by Crippen LogP contribution is -2.19. The van der Waals surface area contributed by atoms with Gasteiger partial charge in [0.1, 0.15) is 0 Å². The summed E-state index contributed by atoms with van der Waals surface area (Å²) >= 11 is 0. The van der Waals surface area contributed by atoms with Gasteiger partial charge in [-0.1, -0.05) is 12.2 Å². The Morgan fingerprint density at radius 3 is 3.14 bits per heavy atom. The van der Waals surface area contributed by atoms with Crippen LogP contribution in [0.2, 0.25) is 0 Å². The van der Waals surface area contributed by atoms with Gasteiger partial charge in [-0.2, -0.15) is 0 Å². The minimum absolute atomic E-state index is 0.657. The van der Waals surface area contributed by atoms with E-state index in [0.717, 1.165) is 25.3 Å². The third-order valence-corrected chi connectivity index (χ3v) is 1.75. The molecule has 0 fully saturated rings. The molecule has 0 aliphatic carbocycles. The van der Waals surface area contributed by atoms with Gasteiger partial charge in [-0.3, -0.25) is 0 Å². The topological polar surface area (TPSA) is 37.0 Å². The van der Waals surface area contributed by atoms with Crippen molar-refractivity contribution in [2.75, 3.05) is 19.8 Å². The molecule has 0 atom stereocenters. The Labute approximate surface area is 85.2 Å². The van der Waals surface area contributed by atoms with Gasteiger partial charge in [-0.25, -0.2) is 0 Å². The van der Waals surface area contributed by atoms with Crippen molar-refractivity contribution in [2.24, 2.45) is 0 Å². The summed E-state index contributed by atoms with van der Waals surface area (Å²) in [4.78, 5) is 3.13. The van der Waals surface area contributed by atoms with Crippen LogP contribution >= 0.6 is 0 Å². The molecule has 0 aliphatic rings. The van der Waals surface area contributed by atoms with E-state index in [2.05, 4.69) is 22.9 Å². The van der Waals surface area contributed by atoms with Crippen molar-refractivity contribution in [3.63, 3.8) is 0 Å². The van der Waals surface area contributed by atoms with Gasteiger partial charge in [-0.15, -0.1) is 0 Å². The highest BCUT2D eigenvalue weighted by Gasteiger charge is 1.92. The lowest BCUT2D eigenvalue weighted by molar-refractivity contribution is 0.157. The smallest absolute Gasteiger partial charge is 0.0672 e. The molecule has 0 unspecified atom stereocenters. The molecular weight excluding hydrogens is 176 g/mol. The molecule has 78 valence electrons. The van der Waals surface area contributed by atoms with Crippen molar-refractivity contribution in [3.8, 4) is 0 Å². The summed E-state index contributed by atoms with van der Waals surface area (Å²) in [6.07, 6.45) is 1.93. The Bertz CT molecular complexity index is 254. The molecule has 1 heterocycles. The highest BCUT2D eigenvalue weighted by atomic mass is 16.5. The average Bonchev–Trinajstić information content (AvgIpc) is 2.63. The summed E-state index contributed by atoms with van der Waals surface area (Å²) in [5, 5.41) is 3.28. The van der Waals surface area contributed by atoms with Gasteiger partial charge < -0.3 is 15.0 Å². The molecule has 0 saturated heterocycles. The van der Waals surface area contributed by atoms with Crippen LogP contribution in [0.15, 0.2) is 30.5 Å². The molecule has 1 aromatic rings. The largest absolute Gasteiger partial charge is 0.376 e. The monoisotopic (exact) mass is 194 g/mol. The Morgan fingerprint density at radius 2 is 2.50 bits per heavy atom. The minimum atomic E-state index is 0.657. The predicted molar refractivity (Wildman–Crippen MR) is 58.1 cm³/mol. The van der Waals surface area contributed by atoms with E-state index in [9.17, 15) is 0 Å². The first-order valence-electron chi connectivity index (χ1n) is 4.84. The Kier molecular flexibility index (Phi) is 5.04. The first-order valence-corrected chi connectivity index (χ1v) is 4.84. The number of H-pyrrole nitrogens is 1. The fraction of sp³-hybridized carbons (Fsp3) is 0.455. The molecule has 0 aliphatic heterocycles. The van der Waals surface area contributed by atoms with Gasteiger partial charge in [-0.05, 0) is 19.1 Å². The summed E-state index contributed by atoms with van der Waals surface area (Å²) in [5.41, 5.74) is 2.26. The lowest BCUT2D eigenvalue weighted by Gasteiger charge is -2.04. The van der Waals surface area contributed by atoms with E-state index >= 15 is 0 Å². The van der Waals surface area contributed by atoms with E-state index in [-0.39, 0.29) is 0 Å². The van der Waals surface area contributed by atoms with Crippen molar-refractivity contribution in [1.29, 1.82) is 0 Å². The van der Waals surface area contributed by atoms with E-state index < -0.39 is 0 Å². The van der Waals surface area contributed by atoms with Gasteiger partial charge >= 0.3 is 0 Å². The van der Waals surface area contributed by atoms with Crippen LogP contribution in [0, 0.1) is 0 Å². The molecule has 2 N–H and O–H groups in total. The van der Waals surface area contributed by atoms with Gasteiger partial charge in [0.2, 0.25) is 0 Å². The van der Waals surface area contributed by atoms with Crippen LogP contribution in [0.1, 0.15) is 12.6 Å². The quantitative estimate of drug-likeness (QED) is 0.512. The maximum absolute atomic E-state index is 5.34. The molecule has 0 saturated carbocycles. The first kappa shape index (κ1) is 11.0. The van der Waals surface area contributed by atoms with Crippen molar-refractivity contribution in [1.82, 2.24) is 10.3 Å². The highest BCUT2D eigenvalue weighted by molar-refractivity contribution is 5.02. The highest BCUT2D eigenvalue weighted by Crippen LogP contribution is 1.92. The predicted octanol–water partition coefficient (Wildman–Crippen LogP) is 1.70. The zero-order valence-electron chi connectivity index (χ0n) is 8.68. The second-order valence-electron chi connectivity index (χ2n) is 3.38. The van der Waals surface area contributed by atoms with Crippen molar-refractivity contribution < 1.29 is 4.74 Å².